The van der Waals surface area contributed by atoms with Gasteiger partial charge in [0.25, 0.3) is 0 Å². The van der Waals surface area contributed by atoms with Crippen molar-refractivity contribution in [3.05, 3.63) is 29.8 Å². The Balaban J connectivity index is 1.78. The first-order valence-electron chi connectivity index (χ1n) is 7.78. The van der Waals surface area contributed by atoms with Gasteiger partial charge in [0.1, 0.15) is 0 Å². The highest BCUT2D eigenvalue weighted by Crippen LogP contribution is 2.41. The highest BCUT2D eigenvalue weighted by atomic mass is 32.2. The summed E-state index contributed by atoms with van der Waals surface area (Å²) in [6, 6.07) is 7.97. The van der Waals surface area contributed by atoms with Gasteiger partial charge in [-0.1, -0.05) is 31.0 Å². The van der Waals surface area contributed by atoms with Crippen molar-refractivity contribution in [2.75, 3.05) is 5.75 Å². The molecule has 1 aliphatic heterocycles. The Morgan fingerprint density at radius 1 is 1.32 bits per heavy atom. The molecule has 118 valence electrons. The number of carbonyl (C=O) groups excluding carboxylic acids is 1. The van der Waals surface area contributed by atoms with Crippen LogP contribution in [-0.4, -0.2) is 28.3 Å². The van der Waals surface area contributed by atoms with Gasteiger partial charge in [0, 0.05) is 10.6 Å². The van der Waals surface area contributed by atoms with Gasteiger partial charge in [-0.05, 0) is 31.4 Å². The van der Waals surface area contributed by atoms with Crippen LogP contribution in [0.4, 0.5) is 0 Å². The molecule has 3 atom stereocenters. The summed E-state index contributed by atoms with van der Waals surface area (Å²) < 4.78 is 0. The van der Waals surface area contributed by atoms with Crippen molar-refractivity contribution in [1.29, 1.82) is 0 Å². The van der Waals surface area contributed by atoms with Crippen molar-refractivity contribution in [2.45, 2.75) is 49.0 Å². The van der Waals surface area contributed by atoms with Crippen molar-refractivity contribution in [3.8, 4) is 0 Å². The molecule has 1 heterocycles. The van der Waals surface area contributed by atoms with E-state index < -0.39 is 17.4 Å². The topological polar surface area (TPSA) is 66.4 Å². The second kappa shape index (κ2) is 5.95. The molecule has 1 amide bonds. The number of fused-ring (bicyclic) bond motifs is 1. The number of carboxylic acids is 1. The third-order valence-electron chi connectivity index (χ3n) is 4.93. The van der Waals surface area contributed by atoms with Crippen molar-refractivity contribution >= 4 is 23.6 Å². The molecule has 0 aromatic heterocycles. The minimum Gasteiger partial charge on any atom is -0.481 e. The minimum atomic E-state index is -0.802. The molecule has 4 nitrogen and oxygen atoms in total. The first kappa shape index (κ1) is 15.4. The Hall–Kier alpha value is -1.49. The lowest BCUT2D eigenvalue weighted by atomic mass is 9.73. The van der Waals surface area contributed by atoms with Gasteiger partial charge in [-0.15, -0.1) is 11.8 Å². The molecule has 1 fully saturated rings. The molecule has 3 rings (SSSR count). The van der Waals surface area contributed by atoms with E-state index in [0.717, 1.165) is 35.5 Å². The van der Waals surface area contributed by atoms with Crippen molar-refractivity contribution in [2.24, 2.45) is 5.92 Å². The van der Waals surface area contributed by atoms with Crippen LogP contribution in [0, 0.1) is 5.92 Å². The lowest BCUT2D eigenvalue weighted by Gasteiger charge is -2.40. The largest absolute Gasteiger partial charge is 0.481 e. The van der Waals surface area contributed by atoms with Crippen LogP contribution in [0.25, 0.3) is 0 Å². The van der Waals surface area contributed by atoms with E-state index in [1.807, 2.05) is 31.2 Å². The summed E-state index contributed by atoms with van der Waals surface area (Å²) in [6.45, 7) is 1.89. The summed E-state index contributed by atoms with van der Waals surface area (Å²) in [4.78, 5) is 25.4. The Kier molecular flexibility index (Phi) is 4.17. The number of thioether (sulfide) groups is 1. The molecule has 1 aromatic carbocycles. The fourth-order valence-electron chi connectivity index (χ4n) is 3.63. The van der Waals surface area contributed by atoms with Crippen LogP contribution in [0.2, 0.25) is 0 Å². The molecule has 0 spiro atoms. The molecule has 1 saturated carbocycles. The van der Waals surface area contributed by atoms with Crippen molar-refractivity contribution in [3.63, 3.8) is 0 Å². The summed E-state index contributed by atoms with van der Waals surface area (Å²) in [5.74, 6) is -0.764. The summed E-state index contributed by atoms with van der Waals surface area (Å²) in [7, 11) is 0. The number of carbonyl (C=O) groups is 2. The van der Waals surface area contributed by atoms with E-state index >= 15 is 0 Å². The van der Waals surface area contributed by atoms with Gasteiger partial charge in [0.05, 0.1) is 17.4 Å². The molecule has 22 heavy (non-hydrogen) atoms. The summed E-state index contributed by atoms with van der Waals surface area (Å²) in [5.41, 5.74) is 0.430. The predicted octanol–water partition coefficient (Wildman–Crippen LogP) is 3.03. The van der Waals surface area contributed by atoms with Gasteiger partial charge in [-0.25, -0.2) is 0 Å². The third kappa shape index (κ3) is 2.74. The van der Waals surface area contributed by atoms with E-state index in [1.54, 1.807) is 11.8 Å². The molecule has 5 heteroatoms. The molecule has 0 radical (unpaired) electrons. The number of aliphatic carboxylic acids is 1. The fraction of sp³-hybridized carbons (Fsp3) is 0.529. The van der Waals surface area contributed by atoms with Gasteiger partial charge in [-0.3, -0.25) is 9.59 Å². The SMILES string of the molecule is CC1(NC(=O)C2CSc3ccccc32)CCCCC1C(=O)O. The second-order valence-corrected chi connectivity index (χ2v) is 7.51. The molecular formula is C17H21NO3S. The lowest BCUT2D eigenvalue weighted by Crippen LogP contribution is -2.56. The Labute approximate surface area is 134 Å². The normalized spacial score (nSPS) is 30.6. The zero-order valence-electron chi connectivity index (χ0n) is 12.7. The van der Waals surface area contributed by atoms with Crippen molar-refractivity contribution in [1.82, 2.24) is 5.32 Å². The fourth-order valence-corrected chi connectivity index (χ4v) is 4.86. The molecule has 3 unspecified atom stereocenters. The molecule has 1 aromatic rings. The molecule has 1 aliphatic carbocycles. The number of rotatable bonds is 3. The highest BCUT2D eigenvalue weighted by molar-refractivity contribution is 7.99. The van der Waals surface area contributed by atoms with Crippen LogP contribution in [0.5, 0.6) is 0 Å². The van der Waals surface area contributed by atoms with E-state index in [4.69, 9.17) is 0 Å². The monoisotopic (exact) mass is 319 g/mol. The Morgan fingerprint density at radius 3 is 2.86 bits per heavy atom. The number of hydrogen-bond acceptors (Lipinski definition) is 3. The first-order chi connectivity index (χ1) is 10.5. The lowest BCUT2D eigenvalue weighted by molar-refractivity contribution is -0.146. The molecule has 2 aliphatic rings. The Morgan fingerprint density at radius 2 is 2.09 bits per heavy atom. The standard InChI is InChI=1S/C17H21NO3S/c1-17(9-5-4-7-13(17)16(20)21)18-15(19)12-10-22-14-8-3-2-6-11(12)14/h2-3,6,8,12-13H,4-5,7,9-10H2,1H3,(H,18,19)(H,20,21). The number of nitrogens with one attached hydrogen (secondary N) is 1. The predicted molar refractivity (Wildman–Crippen MR) is 86.0 cm³/mol. The first-order valence-corrected chi connectivity index (χ1v) is 8.76. The van der Waals surface area contributed by atoms with E-state index in [-0.39, 0.29) is 11.8 Å². The average Bonchev–Trinajstić information content (AvgIpc) is 2.91. The number of benzene rings is 1. The second-order valence-electron chi connectivity index (χ2n) is 6.44. The van der Waals surface area contributed by atoms with Gasteiger partial charge < -0.3 is 10.4 Å². The minimum absolute atomic E-state index is 0.0342. The molecule has 0 saturated heterocycles. The van der Waals surface area contributed by atoms with Crippen LogP contribution in [0.15, 0.2) is 29.2 Å². The third-order valence-corrected chi connectivity index (χ3v) is 6.11. The van der Waals surface area contributed by atoms with E-state index in [1.165, 1.54) is 0 Å². The maximum Gasteiger partial charge on any atom is 0.308 e. The van der Waals surface area contributed by atoms with Crippen LogP contribution in [0.1, 0.15) is 44.1 Å². The van der Waals surface area contributed by atoms with E-state index in [9.17, 15) is 14.7 Å². The quantitative estimate of drug-likeness (QED) is 0.899. The summed E-state index contributed by atoms with van der Waals surface area (Å²) >= 11 is 1.70. The van der Waals surface area contributed by atoms with Gasteiger partial charge in [0.15, 0.2) is 0 Å². The van der Waals surface area contributed by atoms with E-state index in [0.29, 0.717) is 6.42 Å². The van der Waals surface area contributed by atoms with Gasteiger partial charge in [-0.2, -0.15) is 0 Å². The Bertz CT molecular complexity index is 603. The summed E-state index contributed by atoms with van der Waals surface area (Å²) in [6.07, 6.45) is 3.26. The van der Waals surface area contributed by atoms with E-state index in [2.05, 4.69) is 5.32 Å². The number of carboxylic acid groups (broad SMARTS) is 1. The van der Waals surface area contributed by atoms with Crippen LogP contribution in [-0.2, 0) is 9.59 Å². The molecular weight excluding hydrogens is 298 g/mol. The summed E-state index contributed by atoms with van der Waals surface area (Å²) in [5, 5.41) is 12.5. The van der Waals surface area contributed by atoms with Crippen LogP contribution < -0.4 is 5.32 Å². The van der Waals surface area contributed by atoms with Crippen LogP contribution >= 0.6 is 11.8 Å². The van der Waals surface area contributed by atoms with Crippen LogP contribution in [0.3, 0.4) is 0 Å². The van der Waals surface area contributed by atoms with Crippen molar-refractivity contribution < 1.29 is 14.7 Å². The molecule has 2 N–H and O–H groups in total. The maximum atomic E-state index is 12.7. The highest BCUT2D eigenvalue weighted by Gasteiger charge is 2.43. The number of hydrogen-bond donors (Lipinski definition) is 2. The smallest absolute Gasteiger partial charge is 0.308 e. The zero-order valence-corrected chi connectivity index (χ0v) is 13.5. The zero-order chi connectivity index (χ0) is 15.7. The molecule has 0 bridgehead atoms. The maximum absolute atomic E-state index is 12.7. The van der Waals surface area contributed by atoms with Gasteiger partial charge >= 0.3 is 5.97 Å². The van der Waals surface area contributed by atoms with Gasteiger partial charge in [0.2, 0.25) is 5.91 Å². The average molecular weight is 319 g/mol. The number of amides is 1.